The van der Waals surface area contributed by atoms with Crippen LogP contribution in [0.15, 0.2) is 42.5 Å². The van der Waals surface area contributed by atoms with E-state index in [1.54, 1.807) is 0 Å². The maximum atomic E-state index is 6.01. The number of nitrogens with one attached hydrogen (secondary N) is 1. The summed E-state index contributed by atoms with van der Waals surface area (Å²) in [5.41, 5.74) is 5.16. The third kappa shape index (κ3) is 6.78. The van der Waals surface area contributed by atoms with Gasteiger partial charge in [-0.2, -0.15) is 0 Å². The zero-order chi connectivity index (χ0) is 20.6. The smallest absolute Gasteiger partial charge is 0.122 e. The maximum Gasteiger partial charge on any atom is 0.122 e. The van der Waals surface area contributed by atoms with Crippen molar-refractivity contribution in [2.75, 3.05) is 36.5 Å². The van der Waals surface area contributed by atoms with Crippen molar-refractivity contribution in [2.45, 2.75) is 54.4 Å². The number of benzene rings is 2. The van der Waals surface area contributed by atoms with Gasteiger partial charge in [-0.25, -0.2) is 0 Å². The van der Waals surface area contributed by atoms with Crippen LogP contribution in [0.1, 0.15) is 51.7 Å². The van der Waals surface area contributed by atoms with Crippen LogP contribution in [-0.4, -0.2) is 26.2 Å². The highest BCUT2D eigenvalue weighted by Gasteiger charge is 2.17. The Morgan fingerprint density at radius 2 is 1.64 bits per heavy atom. The molecule has 0 aliphatic carbocycles. The van der Waals surface area contributed by atoms with E-state index in [0.717, 1.165) is 44.8 Å². The summed E-state index contributed by atoms with van der Waals surface area (Å²) in [5, 5.41) is 3.60. The highest BCUT2D eigenvalue weighted by atomic mass is 16.5. The van der Waals surface area contributed by atoms with Crippen molar-refractivity contribution in [1.82, 2.24) is 0 Å². The van der Waals surface area contributed by atoms with Crippen LogP contribution in [0.2, 0.25) is 0 Å². The minimum atomic E-state index is 0.225. The molecule has 28 heavy (non-hydrogen) atoms. The Bertz CT molecular complexity index is 718. The second-order valence-corrected chi connectivity index (χ2v) is 8.46. The molecular weight excluding hydrogens is 344 g/mol. The van der Waals surface area contributed by atoms with Crippen LogP contribution in [0, 0.1) is 19.3 Å². The predicted octanol–water partition coefficient (Wildman–Crippen LogP) is 6.45. The summed E-state index contributed by atoms with van der Waals surface area (Å²) in [7, 11) is 0. The van der Waals surface area contributed by atoms with Crippen LogP contribution in [0.3, 0.4) is 0 Å². The van der Waals surface area contributed by atoms with Crippen LogP contribution in [0.25, 0.3) is 0 Å². The quantitative estimate of drug-likeness (QED) is 0.452. The van der Waals surface area contributed by atoms with Crippen molar-refractivity contribution in [1.29, 1.82) is 0 Å². The van der Waals surface area contributed by atoms with E-state index in [-0.39, 0.29) is 5.41 Å². The van der Waals surface area contributed by atoms with Crippen LogP contribution < -0.4 is 15.0 Å². The van der Waals surface area contributed by atoms with E-state index in [9.17, 15) is 0 Å². The van der Waals surface area contributed by atoms with Crippen molar-refractivity contribution in [3.05, 3.63) is 53.6 Å². The first kappa shape index (κ1) is 22.1. The Hall–Kier alpha value is -2.16. The molecule has 1 N–H and O–H groups in total. The Morgan fingerprint density at radius 1 is 0.964 bits per heavy atom. The number of nitrogens with zero attached hydrogens (tertiary/aromatic N) is 1. The van der Waals surface area contributed by atoms with Gasteiger partial charge >= 0.3 is 0 Å². The molecule has 3 heteroatoms. The average molecular weight is 383 g/mol. The van der Waals surface area contributed by atoms with E-state index in [1.165, 1.54) is 22.5 Å². The third-order valence-corrected chi connectivity index (χ3v) is 5.37. The molecular formula is C25H38N2O. The van der Waals surface area contributed by atoms with Gasteiger partial charge in [0.05, 0.1) is 6.61 Å². The normalized spacial score (nSPS) is 11.4. The second kappa shape index (κ2) is 10.4. The van der Waals surface area contributed by atoms with E-state index in [0.29, 0.717) is 0 Å². The van der Waals surface area contributed by atoms with Gasteiger partial charge in [-0.1, -0.05) is 26.0 Å². The van der Waals surface area contributed by atoms with Gasteiger partial charge in [-0.05, 0) is 87.4 Å². The highest BCUT2D eigenvalue weighted by Crippen LogP contribution is 2.25. The van der Waals surface area contributed by atoms with Crippen LogP contribution in [0.4, 0.5) is 11.4 Å². The SMILES string of the molecule is CCN(CC)c1ccc(NCC(C)(C)CCCOc2cc(C)ccc2C)cc1. The highest BCUT2D eigenvalue weighted by molar-refractivity contribution is 5.55. The first-order valence-electron chi connectivity index (χ1n) is 10.6. The fraction of sp³-hybridized carbons (Fsp3) is 0.520. The van der Waals surface area contributed by atoms with Gasteiger partial charge in [0.2, 0.25) is 0 Å². The number of ether oxygens (including phenoxy) is 1. The van der Waals surface area contributed by atoms with Crippen LogP contribution in [-0.2, 0) is 0 Å². The van der Waals surface area contributed by atoms with Crippen LogP contribution in [0.5, 0.6) is 5.75 Å². The number of hydrogen-bond donors (Lipinski definition) is 1. The Morgan fingerprint density at radius 3 is 2.29 bits per heavy atom. The van der Waals surface area contributed by atoms with Gasteiger partial charge in [0.1, 0.15) is 5.75 Å². The fourth-order valence-electron chi connectivity index (χ4n) is 3.40. The summed E-state index contributed by atoms with van der Waals surface area (Å²) < 4.78 is 6.01. The Kier molecular flexibility index (Phi) is 8.22. The van der Waals surface area contributed by atoms with Gasteiger partial charge in [-0.3, -0.25) is 0 Å². The van der Waals surface area contributed by atoms with Crippen LogP contribution >= 0.6 is 0 Å². The van der Waals surface area contributed by atoms with Crippen molar-refractivity contribution in [3.8, 4) is 5.75 Å². The molecule has 0 unspecified atom stereocenters. The molecule has 0 amide bonds. The maximum absolute atomic E-state index is 6.01. The molecule has 2 aromatic carbocycles. The molecule has 0 saturated carbocycles. The molecule has 0 aliphatic heterocycles. The van der Waals surface area contributed by atoms with Gasteiger partial charge in [0, 0.05) is 31.0 Å². The number of anilines is 2. The van der Waals surface area contributed by atoms with E-state index in [4.69, 9.17) is 4.74 Å². The van der Waals surface area contributed by atoms with Gasteiger partial charge < -0.3 is 15.0 Å². The molecule has 0 spiro atoms. The number of hydrogen-bond acceptors (Lipinski definition) is 3. The summed E-state index contributed by atoms with van der Waals surface area (Å²) in [4.78, 5) is 2.36. The largest absolute Gasteiger partial charge is 0.493 e. The van der Waals surface area contributed by atoms with Gasteiger partial charge in [0.15, 0.2) is 0 Å². The summed E-state index contributed by atoms with van der Waals surface area (Å²) in [6.45, 7) is 17.1. The fourth-order valence-corrected chi connectivity index (χ4v) is 3.40. The third-order valence-electron chi connectivity index (χ3n) is 5.37. The summed E-state index contributed by atoms with van der Waals surface area (Å²) >= 11 is 0. The minimum absolute atomic E-state index is 0.225. The molecule has 154 valence electrons. The minimum Gasteiger partial charge on any atom is -0.493 e. The topological polar surface area (TPSA) is 24.5 Å². The molecule has 0 saturated heterocycles. The predicted molar refractivity (Wildman–Crippen MR) is 123 cm³/mol. The Balaban J connectivity index is 1.76. The molecule has 0 heterocycles. The van der Waals surface area contributed by atoms with E-state index < -0.39 is 0 Å². The summed E-state index contributed by atoms with van der Waals surface area (Å²) in [6, 6.07) is 15.2. The van der Waals surface area contributed by atoms with Crippen molar-refractivity contribution < 1.29 is 4.74 Å². The first-order valence-corrected chi connectivity index (χ1v) is 10.6. The Labute approximate surface area is 172 Å². The first-order chi connectivity index (χ1) is 13.3. The van der Waals surface area contributed by atoms with Gasteiger partial charge in [-0.15, -0.1) is 0 Å². The zero-order valence-electron chi connectivity index (χ0n) is 18.6. The van der Waals surface area contributed by atoms with E-state index >= 15 is 0 Å². The zero-order valence-corrected chi connectivity index (χ0v) is 18.6. The molecule has 0 radical (unpaired) electrons. The molecule has 0 aromatic heterocycles. The van der Waals surface area contributed by atoms with E-state index in [2.05, 4.69) is 94.2 Å². The monoisotopic (exact) mass is 382 g/mol. The summed E-state index contributed by atoms with van der Waals surface area (Å²) in [5.74, 6) is 1.02. The summed E-state index contributed by atoms with van der Waals surface area (Å²) in [6.07, 6.45) is 2.19. The average Bonchev–Trinajstić information content (AvgIpc) is 2.68. The second-order valence-electron chi connectivity index (χ2n) is 8.46. The van der Waals surface area contributed by atoms with Crippen molar-refractivity contribution in [2.24, 2.45) is 5.41 Å². The number of rotatable bonds is 11. The standard InChI is InChI=1S/C25H38N2O/c1-7-27(8-2)23-14-12-22(13-15-23)26-19-25(5,6)16-9-17-28-24-18-20(3)10-11-21(24)4/h10-15,18,26H,7-9,16-17,19H2,1-6H3. The number of aryl methyl sites for hydroxylation is 2. The molecule has 0 aliphatic rings. The molecule has 2 rings (SSSR count). The lowest BCUT2D eigenvalue weighted by atomic mass is 9.88. The van der Waals surface area contributed by atoms with Gasteiger partial charge in [0.25, 0.3) is 0 Å². The lowest BCUT2D eigenvalue weighted by Crippen LogP contribution is -2.24. The molecule has 0 atom stereocenters. The molecule has 2 aromatic rings. The molecule has 0 bridgehead atoms. The lowest BCUT2D eigenvalue weighted by molar-refractivity contribution is 0.263. The van der Waals surface area contributed by atoms with Crippen molar-refractivity contribution in [3.63, 3.8) is 0 Å². The van der Waals surface area contributed by atoms with E-state index in [1.807, 2.05) is 0 Å². The molecule has 3 nitrogen and oxygen atoms in total. The lowest BCUT2D eigenvalue weighted by Gasteiger charge is -2.26. The molecule has 0 fully saturated rings. The van der Waals surface area contributed by atoms with Crippen molar-refractivity contribution >= 4 is 11.4 Å².